The Morgan fingerprint density at radius 3 is 2.57 bits per heavy atom. The molecule has 0 aliphatic carbocycles. The van der Waals surface area contributed by atoms with Gasteiger partial charge >= 0.3 is 0 Å². The van der Waals surface area contributed by atoms with Crippen LogP contribution in [0.2, 0.25) is 5.02 Å². The van der Waals surface area contributed by atoms with Crippen LogP contribution >= 0.6 is 11.6 Å². The van der Waals surface area contributed by atoms with E-state index in [1.165, 1.54) is 0 Å². The molecule has 23 heavy (non-hydrogen) atoms. The Kier molecular flexibility index (Phi) is 5.54. The molecule has 0 aliphatic heterocycles. The van der Waals surface area contributed by atoms with Gasteiger partial charge in [0.25, 0.3) is 0 Å². The van der Waals surface area contributed by atoms with Crippen molar-refractivity contribution in [1.82, 2.24) is 15.1 Å². The highest BCUT2D eigenvalue weighted by molar-refractivity contribution is 6.31. The molecule has 5 nitrogen and oxygen atoms in total. The van der Waals surface area contributed by atoms with E-state index >= 15 is 0 Å². The van der Waals surface area contributed by atoms with Crippen molar-refractivity contribution in [3.63, 3.8) is 0 Å². The van der Waals surface area contributed by atoms with Crippen LogP contribution in [0.4, 0.5) is 5.82 Å². The zero-order chi connectivity index (χ0) is 17.0. The standard InChI is InChI=1S/C17H20ClN5/c1-11-12(2)21-22-17(14(11)9-19)20-10-16(23(3)4)13-7-5-6-8-15(13)18/h5-8,16H,10H2,1-4H3,(H,20,22). The van der Waals surface area contributed by atoms with Crippen LogP contribution in [0.5, 0.6) is 0 Å². The molecule has 120 valence electrons. The maximum absolute atomic E-state index is 9.37. The summed E-state index contributed by atoms with van der Waals surface area (Å²) in [7, 11) is 3.99. The lowest BCUT2D eigenvalue weighted by Gasteiger charge is -2.26. The lowest BCUT2D eigenvalue weighted by Crippen LogP contribution is -2.27. The van der Waals surface area contributed by atoms with Gasteiger partial charge in [0, 0.05) is 11.6 Å². The van der Waals surface area contributed by atoms with Crippen molar-refractivity contribution < 1.29 is 0 Å². The molecule has 0 saturated carbocycles. The van der Waals surface area contributed by atoms with Gasteiger partial charge in [-0.25, -0.2) is 0 Å². The Balaban J connectivity index is 2.26. The lowest BCUT2D eigenvalue weighted by molar-refractivity contribution is 0.311. The maximum Gasteiger partial charge on any atom is 0.167 e. The topological polar surface area (TPSA) is 64.8 Å². The SMILES string of the molecule is Cc1nnc(NCC(c2ccccc2Cl)N(C)C)c(C#N)c1C. The molecule has 0 fully saturated rings. The van der Waals surface area contributed by atoms with Gasteiger partial charge in [0.05, 0.1) is 11.7 Å². The first-order chi connectivity index (χ1) is 11.0. The summed E-state index contributed by atoms with van der Waals surface area (Å²) in [5, 5.41) is 21.6. The number of halogens is 1. The summed E-state index contributed by atoms with van der Waals surface area (Å²) in [6.07, 6.45) is 0. The van der Waals surface area contributed by atoms with E-state index in [0.29, 0.717) is 17.9 Å². The second-order valence-corrected chi connectivity index (χ2v) is 6.03. The van der Waals surface area contributed by atoms with Crippen molar-refractivity contribution in [2.45, 2.75) is 19.9 Å². The van der Waals surface area contributed by atoms with Gasteiger partial charge in [-0.3, -0.25) is 0 Å². The van der Waals surface area contributed by atoms with Gasteiger partial charge in [0.1, 0.15) is 11.6 Å². The second-order valence-electron chi connectivity index (χ2n) is 5.63. The van der Waals surface area contributed by atoms with Crippen LogP contribution in [0.25, 0.3) is 0 Å². The van der Waals surface area contributed by atoms with Crippen molar-refractivity contribution in [3.8, 4) is 6.07 Å². The molecule has 0 amide bonds. The number of aromatic nitrogens is 2. The van der Waals surface area contributed by atoms with E-state index in [4.69, 9.17) is 11.6 Å². The minimum Gasteiger partial charge on any atom is -0.366 e. The van der Waals surface area contributed by atoms with Crippen LogP contribution in [0.15, 0.2) is 24.3 Å². The van der Waals surface area contributed by atoms with E-state index in [0.717, 1.165) is 21.8 Å². The van der Waals surface area contributed by atoms with E-state index in [9.17, 15) is 5.26 Å². The number of likely N-dealkylation sites (N-methyl/N-ethyl adjacent to an activating group) is 1. The first-order valence-corrected chi connectivity index (χ1v) is 7.72. The summed E-state index contributed by atoms with van der Waals surface area (Å²) < 4.78 is 0. The molecule has 6 heteroatoms. The van der Waals surface area contributed by atoms with Gasteiger partial charge < -0.3 is 10.2 Å². The average molecular weight is 330 g/mol. The third-order valence-electron chi connectivity index (χ3n) is 3.92. The molecule has 0 aliphatic rings. The number of aryl methyl sites for hydroxylation is 1. The van der Waals surface area contributed by atoms with Gasteiger partial charge in [0.15, 0.2) is 5.82 Å². The van der Waals surface area contributed by atoms with Crippen molar-refractivity contribution in [2.75, 3.05) is 26.0 Å². The summed E-state index contributed by atoms with van der Waals surface area (Å²) in [6.45, 7) is 4.30. The second kappa shape index (κ2) is 7.40. The van der Waals surface area contributed by atoms with E-state index in [2.05, 4.69) is 26.5 Å². The van der Waals surface area contributed by atoms with Crippen LogP contribution in [-0.2, 0) is 0 Å². The van der Waals surface area contributed by atoms with E-state index in [-0.39, 0.29) is 6.04 Å². The highest BCUT2D eigenvalue weighted by Gasteiger charge is 2.18. The van der Waals surface area contributed by atoms with E-state index in [1.54, 1.807) is 0 Å². The number of benzene rings is 1. The Morgan fingerprint density at radius 2 is 1.96 bits per heavy atom. The number of hydrogen-bond donors (Lipinski definition) is 1. The normalized spacial score (nSPS) is 12.0. The molecule has 0 spiro atoms. The van der Waals surface area contributed by atoms with Gasteiger partial charge in [-0.1, -0.05) is 29.8 Å². The summed E-state index contributed by atoms with van der Waals surface area (Å²) >= 11 is 6.31. The monoisotopic (exact) mass is 329 g/mol. The molecule has 2 rings (SSSR count). The number of nitrogens with zero attached hydrogens (tertiary/aromatic N) is 4. The number of nitrogens with one attached hydrogen (secondary N) is 1. The predicted molar refractivity (Wildman–Crippen MR) is 92.6 cm³/mol. The molecule has 1 unspecified atom stereocenters. The van der Waals surface area contributed by atoms with Crippen molar-refractivity contribution in [1.29, 1.82) is 5.26 Å². The first-order valence-electron chi connectivity index (χ1n) is 7.34. The van der Waals surface area contributed by atoms with Crippen LogP contribution in [0.1, 0.15) is 28.4 Å². The third kappa shape index (κ3) is 3.79. The Hall–Kier alpha value is -2.16. The fourth-order valence-electron chi connectivity index (χ4n) is 2.38. The first kappa shape index (κ1) is 17.2. The molecule has 1 aromatic carbocycles. The van der Waals surface area contributed by atoms with Gasteiger partial charge in [0.2, 0.25) is 0 Å². The highest BCUT2D eigenvalue weighted by atomic mass is 35.5. The molecule has 0 bridgehead atoms. The predicted octanol–water partition coefficient (Wildman–Crippen LogP) is 3.33. The molecule has 1 atom stereocenters. The zero-order valence-electron chi connectivity index (χ0n) is 13.8. The highest BCUT2D eigenvalue weighted by Crippen LogP contribution is 2.27. The summed E-state index contributed by atoms with van der Waals surface area (Å²) in [6, 6.07) is 10.0. The van der Waals surface area contributed by atoms with Gasteiger partial charge in [-0.05, 0) is 45.1 Å². The molecule has 2 aromatic rings. The third-order valence-corrected chi connectivity index (χ3v) is 4.26. The van der Waals surface area contributed by atoms with Gasteiger partial charge in [-0.15, -0.1) is 5.10 Å². The molecule has 1 aromatic heterocycles. The Labute approximate surface area is 141 Å². The largest absolute Gasteiger partial charge is 0.366 e. The number of anilines is 1. The van der Waals surface area contributed by atoms with Crippen LogP contribution in [0, 0.1) is 25.2 Å². The van der Waals surface area contributed by atoms with Crippen molar-refractivity contribution in [2.24, 2.45) is 0 Å². The smallest absolute Gasteiger partial charge is 0.167 e. The zero-order valence-corrected chi connectivity index (χ0v) is 14.5. The van der Waals surface area contributed by atoms with Crippen LogP contribution in [0.3, 0.4) is 0 Å². The Bertz CT molecular complexity index is 736. The Morgan fingerprint density at radius 1 is 1.26 bits per heavy atom. The molecule has 1 N–H and O–H groups in total. The lowest BCUT2D eigenvalue weighted by atomic mass is 10.1. The number of hydrogen-bond acceptors (Lipinski definition) is 5. The molecular formula is C17H20ClN5. The van der Waals surface area contributed by atoms with Crippen molar-refractivity contribution >= 4 is 17.4 Å². The quantitative estimate of drug-likeness (QED) is 0.911. The van der Waals surface area contributed by atoms with Gasteiger partial charge in [-0.2, -0.15) is 10.4 Å². The molecule has 0 radical (unpaired) electrons. The summed E-state index contributed by atoms with van der Waals surface area (Å²) in [5.74, 6) is 0.509. The maximum atomic E-state index is 9.37. The van der Waals surface area contributed by atoms with Crippen LogP contribution < -0.4 is 5.32 Å². The minimum atomic E-state index is 0.0543. The average Bonchev–Trinajstić information content (AvgIpc) is 2.52. The summed E-state index contributed by atoms with van der Waals surface area (Å²) in [5.41, 5.74) is 3.18. The molecule has 0 saturated heterocycles. The number of nitriles is 1. The van der Waals surface area contributed by atoms with E-state index < -0.39 is 0 Å². The van der Waals surface area contributed by atoms with Crippen molar-refractivity contribution in [3.05, 3.63) is 51.7 Å². The fraction of sp³-hybridized carbons (Fsp3) is 0.353. The summed E-state index contributed by atoms with van der Waals surface area (Å²) in [4.78, 5) is 2.08. The van der Waals surface area contributed by atoms with Crippen LogP contribution in [-0.4, -0.2) is 35.7 Å². The molecular weight excluding hydrogens is 310 g/mol. The minimum absolute atomic E-state index is 0.0543. The fourth-order valence-corrected chi connectivity index (χ4v) is 2.64. The van der Waals surface area contributed by atoms with E-state index in [1.807, 2.05) is 52.2 Å². The number of rotatable bonds is 5. The molecule has 1 heterocycles.